The summed E-state index contributed by atoms with van der Waals surface area (Å²) in [5, 5.41) is 7.47. The fraction of sp³-hybridized carbons (Fsp3) is 0.257. The Kier molecular flexibility index (Phi) is 8.49. The number of hydrogen-bond acceptors (Lipinski definition) is 7. The third-order valence-electron chi connectivity index (χ3n) is 7.87. The molecule has 230 valence electrons. The molecule has 10 heteroatoms. The van der Waals surface area contributed by atoms with Crippen LogP contribution in [0.5, 0.6) is 5.75 Å². The number of nitrogens with two attached hydrogens (primary N) is 1. The molecule has 5 aromatic rings. The van der Waals surface area contributed by atoms with Crippen LogP contribution in [0.2, 0.25) is 0 Å². The number of aromatic nitrogens is 2. The summed E-state index contributed by atoms with van der Waals surface area (Å²) < 4.78 is 19.8. The van der Waals surface area contributed by atoms with Gasteiger partial charge in [-0.25, -0.2) is 9.37 Å². The Labute approximate surface area is 264 Å². The Bertz CT molecular complexity index is 1900. The van der Waals surface area contributed by atoms with Gasteiger partial charge < -0.3 is 21.1 Å². The maximum Gasteiger partial charge on any atom is 0.254 e. The average molecular weight is 624 g/mol. The van der Waals surface area contributed by atoms with Gasteiger partial charge in [0.1, 0.15) is 17.4 Å². The Hall–Kier alpha value is -4.83. The van der Waals surface area contributed by atoms with Crippen LogP contribution < -0.4 is 21.1 Å². The molecule has 1 aliphatic rings. The number of methoxy groups -OCH3 is 1. The summed E-state index contributed by atoms with van der Waals surface area (Å²) in [5.41, 5.74) is 10.4. The van der Waals surface area contributed by atoms with Gasteiger partial charge in [-0.3, -0.25) is 14.6 Å². The predicted molar refractivity (Wildman–Crippen MR) is 175 cm³/mol. The van der Waals surface area contributed by atoms with Gasteiger partial charge in [0, 0.05) is 35.6 Å². The van der Waals surface area contributed by atoms with Crippen LogP contribution in [0.25, 0.3) is 20.5 Å². The lowest BCUT2D eigenvalue weighted by molar-refractivity contribution is 0.0924. The number of nitrogens with one attached hydrogen (secondary N) is 2. The fourth-order valence-electron chi connectivity index (χ4n) is 5.88. The molecule has 1 atom stereocenters. The Morgan fingerprint density at radius 3 is 2.67 bits per heavy atom. The maximum atomic E-state index is 13.8. The number of halogens is 1. The highest BCUT2D eigenvalue weighted by Gasteiger charge is 2.34. The third kappa shape index (κ3) is 6.37. The molecule has 4 N–H and O–H groups in total. The van der Waals surface area contributed by atoms with Gasteiger partial charge in [0.15, 0.2) is 0 Å². The van der Waals surface area contributed by atoms with Crippen molar-refractivity contribution in [2.45, 2.75) is 45.7 Å². The lowest BCUT2D eigenvalue weighted by atomic mass is 9.87. The molecule has 0 aliphatic carbocycles. The molecule has 1 aliphatic heterocycles. The maximum absolute atomic E-state index is 13.8. The molecule has 1 unspecified atom stereocenters. The van der Waals surface area contributed by atoms with E-state index >= 15 is 0 Å². The van der Waals surface area contributed by atoms with E-state index in [0.717, 1.165) is 31.8 Å². The third-order valence-corrected chi connectivity index (χ3v) is 9.04. The van der Waals surface area contributed by atoms with Crippen LogP contribution in [0.15, 0.2) is 66.9 Å². The number of primary amides is 1. The molecule has 0 spiro atoms. The van der Waals surface area contributed by atoms with E-state index in [1.165, 1.54) is 23.5 Å². The molecule has 0 saturated carbocycles. The SMILES string of the molecule is COc1cccc(CNc2nccc3cc(-c4c(C(N)=O)c(CC(C)C)nc5c4C(=O)NC(Cc4ccc(F)cc4)C5)sc23)c1. The van der Waals surface area contributed by atoms with E-state index in [1.807, 2.05) is 36.4 Å². The lowest BCUT2D eigenvalue weighted by Gasteiger charge is -2.28. The molecule has 3 aromatic heterocycles. The second kappa shape index (κ2) is 12.6. The van der Waals surface area contributed by atoms with Gasteiger partial charge in [0.2, 0.25) is 0 Å². The molecule has 6 rings (SSSR count). The summed E-state index contributed by atoms with van der Waals surface area (Å²) in [7, 11) is 1.64. The molecule has 4 heterocycles. The van der Waals surface area contributed by atoms with Crippen molar-refractivity contribution in [1.82, 2.24) is 15.3 Å². The van der Waals surface area contributed by atoms with Crippen LogP contribution >= 0.6 is 11.3 Å². The molecular formula is C35H34FN5O3S. The summed E-state index contributed by atoms with van der Waals surface area (Å²) in [4.78, 5) is 37.2. The standard InChI is InChI=1S/C35H34FN5O3S/c1-19(2)13-26-29(33(37)42)31(30-27(41-26)17-24(40-35(30)43)14-20-7-9-23(36)10-8-20)28-16-22-11-12-38-34(32(22)45-28)39-18-21-5-4-6-25(15-21)44-3/h4-12,15-16,19,24H,13-14,17-18H2,1-3H3,(H2,37,42)(H,38,39)(H,40,43). The minimum Gasteiger partial charge on any atom is -0.497 e. The lowest BCUT2D eigenvalue weighted by Crippen LogP contribution is -2.44. The number of carbonyl (C=O) groups excluding carboxylic acids is 2. The van der Waals surface area contributed by atoms with Gasteiger partial charge in [-0.2, -0.15) is 0 Å². The van der Waals surface area contributed by atoms with Crippen molar-refractivity contribution in [1.29, 1.82) is 0 Å². The molecule has 0 radical (unpaired) electrons. The Balaban J connectivity index is 1.43. The molecule has 2 aromatic carbocycles. The number of pyridine rings is 2. The molecule has 0 bridgehead atoms. The summed E-state index contributed by atoms with van der Waals surface area (Å²) in [5.74, 6) is 0.433. The predicted octanol–water partition coefficient (Wildman–Crippen LogP) is 6.31. The molecule has 45 heavy (non-hydrogen) atoms. The Morgan fingerprint density at radius 2 is 1.93 bits per heavy atom. The van der Waals surface area contributed by atoms with Crippen LogP contribution in [-0.4, -0.2) is 34.9 Å². The van der Waals surface area contributed by atoms with Crippen molar-refractivity contribution < 1.29 is 18.7 Å². The van der Waals surface area contributed by atoms with Crippen molar-refractivity contribution >= 4 is 39.1 Å². The average Bonchev–Trinajstić information content (AvgIpc) is 3.45. The zero-order valence-electron chi connectivity index (χ0n) is 25.3. The van der Waals surface area contributed by atoms with Gasteiger partial charge in [-0.1, -0.05) is 38.1 Å². The van der Waals surface area contributed by atoms with Crippen LogP contribution in [0.3, 0.4) is 0 Å². The highest BCUT2D eigenvalue weighted by atomic mass is 32.1. The topological polar surface area (TPSA) is 119 Å². The minimum atomic E-state index is -0.621. The second-order valence-corrected chi connectivity index (χ2v) is 12.7. The Morgan fingerprint density at radius 1 is 1.13 bits per heavy atom. The van der Waals surface area contributed by atoms with Crippen LogP contribution in [0.4, 0.5) is 10.2 Å². The first-order valence-electron chi connectivity index (χ1n) is 14.9. The normalized spacial score (nSPS) is 14.3. The smallest absolute Gasteiger partial charge is 0.254 e. The first-order valence-corrected chi connectivity index (χ1v) is 15.7. The monoisotopic (exact) mass is 623 g/mol. The van der Waals surface area contributed by atoms with Crippen LogP contribution in [-0.2, 0) is 25.8 Å². The van der Waals surface area contributed by atoms with Gasteiger partial charge >= 0.3 is 0 Å². The van der Waals surface area contributed by atoms with E-state index in [0.29, 0.717) is 54.1 Å². The summed E-state index contributed by atoms with van der Waals surface area (Å²) in [6, 6.07) is 17.8. The molecular weight excluding hydrogens is 589 g/mol. The van der Waals surface area contributed by atoms with E-state index in [4.69, 9.17) is 15.5 Å². The number of nitrogens with zero attached hydrogens (tertiary/aromatic N) is 2. The van der Waals surface area contributed by atoms with Crippen molar-refractivity contribution in [3.63, 3.8) is 0 Å². The fourth-order valence-corrected chi connectivity index (χ4v) is 7.06. The van der Waals surface area contributed by atoms with E-state index < -0.39 is 5.91 Å². The quantitative estimate of drug-likeness (QED) is 0.168. The number of benzene rings is 2. The van der Waals surface area contributed by atoms with E-state index in [1.54, 1.807) is 25.4 Å². The summed E-state index contributed by atoms with van der Waals surface area (Å²) >= 11 is 1.46. The zero-order valence-corrected chi connectivity index (χ0v) is 26.1. The molecule has 0 saturated heterocycles. The largest absolute Gasteiger partial charge is 0.497 e. The zero-order chi connectivity index (χ0) is 31.7. The van der Waals surface area contributed by atoms with Gasteiger partial charge in [0.25, 0.3) is 11.8 Å². The van der Waals surface area contributed by atoms with Crippen molar-refractivity contribution in [2.75, 3.05) is 12.4 Å². The highest BCUT2D eigenvalue weighted by Crippen LogP contribution is 2.42. The molecule has 8 nitrogen and oxygen atoms in total. The van der Waals surface area contributed by atoms with E-state index in [2.05, 4.69) is 29.5 Å². The number of carbonyl (C=O) groups is 2. The van der Waals surface area contributed by atoms with Gasteiger partial charge in [-0.05, 0) is 71.7 Å². The number of hydrogen-bond donors (Lipinski definition) is 3. The number of anilines is 1. The second-order valence-electron chi connectivity index (χ2n) is 11.7. The van der Waals surface area contributed by atoms with Gasteiger partial charge in [-0.15, -0.1) is 11.3 Å². The number of rotatable bonds is 10. The highest BCUT2D eigenvalue weighted by molar-refractivity contribution is 7.22. The number of amides is 2. The minimum absolute atomic E-state index is 0.202. The van der Waals surface area contributed by atoms with Crippen molar-refractivity contribution in [3.05, 3.63) is 106 Å². The first kappa shape index (κ1) is 30.2. The first-order chi connectivity index (χ1) is 21.7. The number of ether oxygens (including phenoxy) is 1. The summed E-state index contributed by atoms with van der Waals surface area (Å²) in [6.07, 6.45) is 3.26. The molecule has 0 fully saturated rings. The van der Waals surface area contributed by atoms with Crippen molar-refractivity contribution in [3.8, 4) is 16.2 Å². The van der Waals surface area contributed by atoms with Crippen LogP contribution in [0.1, 0.15) is 57.1 Å². The van der Waals surface area contributed by atoms with Gasteiger partial charge in [0.05, 0.1) is 34.3 Å². The molecule has 2 amide bonds. The van der Waals surface area contributed by atoms with Crippen molar-refractivity contribution in [2.24, 2.45) is 11.7 Å². The summed E-state index contributed by atoms with van der Waals surface area (Å²) in [6.45, 7) is 4.64. The van der Waals surface area contributed by atoms with E-state index in [-0.39, 0.29) is 29.2 Å². The van der Waals surface area contributed by atoms with Crippen LogP contribution in [0, 0.1) is 11.7 Å². The number of fused-ring (bicyclic) bond motifs is 2. The number of thiophene rings is 1. The van der Waals surface area contributed by atoms with E-state index in [9.17, 15) is 14.0 Å².